The fraction of sp³-hybridized carbons (Fsp3) is 0.500. The maximum absolute atomic E-state index is 9.24. The molecular formula is C10H12ClIN2O. The molecule has 0 spiro atoms. The summed E-state index contributed by atoms with van der Waals surface area (Å²) in [5.41, 5.74) is 0. The highest BCUT2D eigenvalue weighted by atomic mass is 127. The van der Waals surface area contributed by atoms with Crippen molar-refractivity contribution in [1.82, 2.24) is 4.98 Å². The molecule has 0 bridgehead atoms. The Balaban J connectivity index is 2.32. The summed E-state index contributed by atoms with van der Waals surface area (Å²) >= 11 is 8.40. The van der Waals surface area contributed by atoms with E-state index in [4.69, 9.17) is 11.6 Å². The summed E-state index contributed by atoms with van der Waals surface area (Å²) in [6, 6.07) is 2.06. The van der Waals surface area contributed by atoms with Gasteiger partial charge in [0.15, 0.2) is 0 Å². The van der Waals surface area contributed by atoms with Gasteiger partial charge in [-0.1, -0.05) is 11.6 Å². The van der Waals surface area contributed by atoms with Crippen molar-refractivity contribution in [3.63, 3.8) is 0 Å². The van der Waals surface area contributed by atoms with Crippen molar-refractivity contribution < 1.29 is 5.11 Å². The predicted molar refractivity (Wildman–Crippen MR) is 69.4 cm³/mol. The first-order valence-electron chi connectivity index (χ1n) is 4.91. The molecule has 0 radical (unpaired) electrons. The Labute approximate surface area is 108 Å². The first-order valence-corrected chi connectivity index (χ1v) is 6.37. The summed E-state index contributed by atoms with van der Waals surface area (Å²) < 4.78 is 1.00. The molecule has 0 aromatic carbocycles. The second kappa shape index (κ2) is 4.84. The number of aliphatic hydroxyl groups is 1. The highest BCUT2D eigenvalue weighted by Gasteiger charge is 2.26. The molecule has 1 fully saturated rings. The van der Waals surface area contributed by atoms with Crippen LogP contribution in [-0.2, 0) is 0 Å². The Morgan fingerprint density at radius 3 is 3.20 bits per heavy atom. The zero-order valence-electron chi connectivity index (χ0n) is 8.16. The van der Waals surface area contributed by atoms with E-state index in [1.165, 1.54) is 0 Å². The van der Waals surface area contributed by atoms with Gasteiger partial charge >= 0.3 is 0 Å². The summed E-state index contributed by atoms with van der Waals surface area (Å²) in [5.74, 6) is 0.806. The standard InChI is InChI=1S/C10H12ClIN2O/c11-9-8(12)3-4-13-10(9)14-5-1-2-7(14)6-15/h3-4,7,15H,1-2,5-6H2. The van der Waals surface area contributed by atoms with E-state index in [-0.39, 0.29) is 12.6 Å². The zero-order valence-corrected chi connectivity index (χ0v) is 11.1. The van der Waals surface area contributed by atoms with Gasteiger partial charge in [0.1, 0.15) is 5.82 Å². The summed E-state index contributed by atoms with van der Waals surface area (Å²) in [5, 5.41) is 9.94. The molecule has 3 nitrogen and oxygen atoms in total. The number of rotatable bonds is 2. The van der Waals surface area contributed by atoms with Crippen LogP contribution in [-0.4, -0.2) is 29.3 Å². The van der Waals surface area contributed by atoms with E-state index < -0.39 is 0 Å². The third-order valence-electron chi connectivity index (χ3n) is 2.68. The van der Waals surface area contributed by atoms with Crippen LogP contribution in [0.4, 0.5) is 5.82 Å². The first-order chi connectivity index (χ1) is 7.24. The summed E-state index contributed by atoms with van der Waals surface area (Å²) in [7, 11) is 0. The minimum absolute atomic E-state index is 0.170. The van der Waals surface area contributed by atoms with Gasteiger partial charge in [0, 0.05) is 16.3 Å². The number of nitrogens with zero attached hydrogens (tertiary/aromatic N) is 2. The molecule has 5 heteroatoms. The van der Waals surface area contributed by atoms with Crippen LogP contribution in [0, 0.1) is 3.57 Å². The van der Waals surface area contributed by atoms with Gasteiger partial charge in [-0.25, -0.2) is 4.98 Å². The predicted octanol–water partition coefficient (Wildman–Crippen LogP) is 2.30. The molecule has 0 amide bonds. The molecule has 1 unspecified atom stereocenters. The fourth-order valence-electron chi connectivity index (χ4n) is 1.91. The number of pyridine rings is 1. The zero-order chi connectivity index (χ0) is 10.8. The number of halogens is 2. The molecule has 2 heterocycles. The van der Waals surface area contributed by atoms with Crippen LogP contribution in [0.25, 0.3) is 0 Å². The van der Waals surface area contributed by atoms with Gasteiger partial charge in [0.25, 0.3) is 0 Å². The number of hydrogen-bond donors (Lipinski definition) is 1. The minimum atomic E-state index is 0.170. The molecule has 2 rings (SSSR count). The molecule has 1 aliphatic rings. The fourth-order valence-corrected chi connectivity index (χ4v) is 2.54. The van der Waals surface area contributed by atoms with E-state index >= 15 is 0 Å². The van der Waals surface area contributed by atoms with Crippen LogP contribution in [0.2, 0.25) is 5.02 Å². The van der Waals surface area contributed by atoms with Gasteiger partial charge in [0.2, 0.25) is 0 Å². The van der Waals surface area contributed by atoms with Crippen molar-refractivity contribution in [3.8, 4) is 0 Å². The molecule has 15 heavy (non-hydrogen) atoms. The lowest BCUT2D eigenvalue weighted by molar-refractivity contribution is 0.266. The Hall–Kier alpha value is -0.0700. The minimum Gasteiger partial charge on any atom is -0.394 e. The SMILES string of the molecule is OCC1CCCN1c1nccc(I)c1Cl. The number of aliphatic hydroxyl groups excluding tert-OH is 1. The topological polar surface area (TPSA) is 36.4 Å². The van der Waals surface area contributed by atoms with Gasteiger partial charge in [0.05, 0.1) is 17.7 Å². The number of aromatic nitrogens is 1. The molecule has 1 aromatic rings. The van der Waals surface area contributed by atoms with Crippen LogP contribution >= 0.6 is 34.2 Å². The van der Waals surface area contributed by atoms with Crippen LogP contribution in [0.15, 0.2) is 12.3 Å². The first kappa shape index (κ1) is 11.4. The third-order valence-corrected chi connectivity index (χ3v) is 4.27. The molecule has 0 aliphatic carbocycles. The van der Waals surface area contributed by atoms with E-state index in [2.05, 4.69) is 32.5 Å². The monoisotopic (exact) mass is 338 g/mol. The van der Waals surface area contributed by atoms with Crippen LogP contribution < -0.4 is 4.90 Å². The van der Waals surface area contributed by atoms with Gasteiger partial charge in [-0.2, -0.15) is 0 Å². The maximum atomic E-state index is 9.24. The highest BCUT2D eigenvalue weighted by Crippen LogP contribution is 2.32. The Bertz CT molecular complexity index is 361. The van der Waals surface area contributed by atoms with Crippen molar-refractivity contribution in [2.75, 3.05) is 18.1 Å². The van der Waals surface area contributed by atoms with Crippen molar-refractivity contribution in [3.05, 3.63) is 20.9 Å². The lowest BCUT2D eigenvalue weighted by atomic mass is 10.2. The third kappa shape index (κ3) is 2.21. The second-order valence-electron chi connectivity index (χ2n) is 3.60. The van der Waals surface area contributed by atoms with E-state index in [1.54, 1.807) is 6.20 Å². The Morgan fingerprint density at radius 2 is 2.47 bits per heavy atom. The van der Waals surface area contributed by atoms with Crippen LogP contribution in [0.1, 0.15) is 12.8 Å². The highest BCUT2D eigenvalue weighted by molar-refractivity contribution is 14.1. The van der Waals surface area contributed by atoms with E-state index in [0.717, 1.165) is 28.8 Å². The molecule has 1 aliphatic heterocycles. The Kier molecular flexibility index (Phi) is 3.69. The summed E-state index contributed by atoms with van der Waals surface area (Å²) in [6.07, 6.45) is 3.87. The lowest BCUT2D eigenvalue weighted by Gasteiger charge is -2.25. The van der Waals surface area contributed by atoms with Crippen molar-refractivity contribution in [1.29, 1.82) is 0 Å². The lowest BCUT2D eigenvalue weighted by Crippen LogP contribution is -2.33. The van der Waals surface area contributed by atoms with Gasteiger partial charge < -0.3 is 10.0 Å². The second-order valence-corrected chi connectivity index (χ2v) is 5.14. The van der Waals surface area contributed by atoms with Gasteiger partial charge in [-0.3, -0.25) is 0 Å². The number of hydrogen-bond acceptors (Lipinski definition) is 3. The normalized spacial score (nSPS) is 21.0. The largest absolute Gasteiger partial charge is 0.394 e. The smallest absolute Gasteiger partial charge is 0.148 e. The van der Waals surface area contributed by atoms with Gasteiger partial charge in [-0.15, -0.1) is 0 Å². The molecule has 1 atom stereocenters. The molecule has 1 N–H and O–H groups in total. The average molecular weight is 339 g/mol. The summed E-state index contributed by atoms with van der Waals surface area (Å²) in [6.45, 7) is 1.10. The molecule has 0 saturated carbocycles. The van der Waals surface area contributed by atoms with E-state index in [9.17, 15) is 5.11 Å². The molecule has 82 valence electrons. The average Bonchev–Trinajstić information content (AvgIpc) is 2.70. The van der Waals surface area contributed by atoms with Crippen molar-refractivity contribution >= 4 is 40.0 Å². The molecular weight excluding hydrogens is 326 g/mol. The van der Waals surface area contributed by atoms with Crippen molar-refractivity contribution in [2.45, 2.75) is 18.9 Å². The summed E-state index contributed by atoms with van der Waals surface area (Å²) in [4.78, 5) is 6.40. The van der Waals surface area contributed by atoms with E-state index in [0.29, 0.717) is 5.02 Å². The number of anilines is 1. The van der Waals surface area contributed by atoms with Crippen LogP contribution in [0.3, 0.4) is 0 Å². The molecule has 1 aromatic heterocycles. The maximum Gasteiger partial charge on any atom is 0.148 e. The van der Waals surface area contributed by atoms with Crippen LogP contribution in [0.5, 0.6) is 0 Å². The molecule has 1 saturated heterocycles. The quantitative estimate of drug-likeness (QED) is 0.841. The van der Waals surface area contributed by atoms with Gasteiger partial charge in [-0.05, 0) is 41.5 Å². The Morgan fingerprint density at radius 1 is 1.67 bits per heavy atom. The van der Waals surface area contributed by atoms with Crippen molar-refractivity contribution in [2.24, 2.45) is 0 Å². The van der Waals surface area contributed by atoms with E-state index in [1.807, 2.05) is 6.07 Å².